The maximum Gasteiger partial charge on any atom is 0.401 e. The Hall–Kier alpha value is -3.24. The van der Waals surface area contributed by atoms with Crippen LogP contribution < -0.4 is 11.5 Å². The maximum absolute atomic E-state index is 12.7. The molecule has 204 valence electrons. The molecular formula is C27H38F3N5O2. The van der Waals surface area contributed by atoms with Crippen LogP contribution >= 0.6 is 0 Å². The van der Waals surface area contributed by atoms with Gasteiger partial charge in [-0.25, -0.2) is 0 Å². The van der Waals surface area contributed by atoms with Gasteiger partial charge in [-0.15, -0.1) is 0 Å². The first-order chi connectivity index (χ1) is 17.3. The van der Waals surface area contributed by atoms with Crippen LogP contribution in [0.2, 0.25) is 0 Å². The smallest absolute Gasteiger partial charge is 0.401 e. The van der Waals surface area contributed by atoms with Crippen molar-refractivity contribution in [3.63, 3.8) is 0 Å². The lowest BCUT2D eigenvalue weighted by Crippen LogP contribution is -2.48. The number of rotatable bonds is 7. The van der Waals surface area contributed by atoms with Gasteiger partial charge >= 0.3 is 6.18 Å². The quantitative estimate of drug-likeness (QED) is 0.414. The minimum absolute atomic E-state index is 0.283. The number of aromatic nitrogens is 1. The zero-order valence-corrected chi connectivity index (χ0v) is 22.2. The van der Waals surface area contributed by atoms with E-state index in [1.807, 2.05) is 42.3 Å². The normalized spacial score (nSPS) is 15.6. The van der Waals surface area contributed by atoms with Crippen molar-refractivity contribution < 1.29 is 22.7 Å². The van der Waals surface area contributed by atoms with Crippen molar-refractivity contribution >= 4 is 23.2 Å². The van der Waals surface area contributed by atoms with E-state index in [2.05, 4.69) is 6.58 Å². The van der Waals surface area contributed by atoms with Crippen molar-refractivity contribution in [1.82, 2.24) is 14.2 Å². The molecule has 2 aromatic rings. The average Bonchev–Trinajstić information content (AvgIpc) is 3.25. The van der Waals surface area contributed by atoms with E-state index >= 15 is 0 Å². The molecule has 3 rings (SSSR count). The zero-order chi connectivity index (χ0) is 27.9. The fourth-order valence-electron chi connectivity index (χ4n) is 3.97. The van der Waals surface area contributed by atoms with E-state index in [-0.39, 0.29) is 13.1 Å². The predicted octanol–water partition coefficient (Wildman–Crippen LogP) is 4.41. The first-order valence-electron chi connectivity index (χ1n) is 12.0. The molecule has 2 aromatic heterocycles. The molecule has 0 atom stereocenters. The lowest BCUT2D eigenvalue weighted by atomic mass is 10.0. The summed E-state index contributed by atoms with van der Waals surface area (Å²) in [5.74, 6) is 0. The third-order valence-corrected chi connectivity index (χ3v) is 6.11. The fraction of sp³-hybridized carbons (Fsp3) is 0.444. The number of hydrogen-bond acceptors (Lipinski definition) is 6. The van der Waals surface area contributed by atoms with Crippen LogP contribution in [-0.2, 0) is 4.74 Å². The molecule has 7 nitrogen and oxygen atoms in total. The summed E-state index contributed by atoms with van der Waals surface area (Å²) in [7, 11) is 1.70. The summed E-state index contributed by atoms with van der Waals surface area (Å²) < 4.78 is 44.8. The number of methoxy groups -OCH3 is 1. The van der Waals surface area contributed by atoms with Gasteiger partial charge in [0.15, 0.2) is 0 Å². The second-order valence-electron chi connectivity index (χ2n) is 9.32. The number of piperazine rings is 1. The van der Waals surface area contributed by atoms with E-state index in [1.54, 1.807) is 32.3 Å². The Bertz CT molecular complexity index is 1150. The Morgan fingerprint density at radius 1 is 1.19 bits per heavy atom. The van der Waals surface area contributed by atoms with Crippen LogP contribution in [0.3, 0.4) is 0 Å². The minimum Gasteiger partial charge on any atom is -0.402 e. The van der Waals surface area contributed by atoms with Crippen LogP contribution in [-0.4, -0.2) is 72.6 Å². The fourth-order valence-corrected chi connectivity index (χ4v) is 3.97. The van der Waals surface area contributed by atoms with Gasteiger partial charge in [0.1, 0.15) is 6.29 Å². The summed E-state index contributed by atoms with van der Waals surface area (Å²) in [6, 6.07) is 3.63. The Labute approximate surface area is 216 Å². The first kappa shape index (κ1) is 30.0. The van der Waals surface area contributed by atoms with Crippen molar-refractivity contribution in [1.29, 1.82) is 0 Å². The van der Waals surface area contributed by atoms with E-state index in [0.717, 1.165) is 28.6 Å². The molecule has 4 N–H and O–H groups in total. The van der Waals surface area contributed by atoms with Crippen LogP contribution in [0.15, 0.2) is 42.8 Å². The molecule has 1 fully saturated rings. The lowest BCUT2D eigenvalue weighted by molar-refractivity contribution is -0.148. The van der Waals surface area contributed by atoms with Crippen molar-refractivity contribution in [2.24, 2.45) is 11.5 Å². The second kappa shape index (κ2) is 12.8. The Morgan fingerprint density at radius 2 is 1.78 bits per heavy atom. The molecule has 0 aromatic carbocycles. The number of nitrogens with zero attached hydrogens (tertiary/aromatic N) is 3. The molecule has 0 saturated carbocycles. The largest absolute Gasteiger partial charge is 0.402 e. The minimum atomic E-state index is -4.22. The summed E-state index contributed by atoms with van der Waals surface area (Å²) in [5.41, 5.74) is 17.2. The van der Waals surface area contributed by atoms with E-state index in [1.165, 1.54) is 4.90 Å². The summed E-state index contributed by atoms with van der Waals surface area (Å²) in [6.45, 7) is 12.3. The van der Waals surface area contributed by atoms with E-state index in [9.17, 15) is 18.0 Å². The van der Waals surface area contributed by atoms with Gasteiger partial charge in [0.25, 0.3) is 0 Å². The number of ether oxygens (including phenoxy) is 1. The standard InChI is InChI=1S/C23H28F3N5O.C4H10O/c1-15(27)4-5-20(28)19-6-7-31-21(19)12-18(13-32)16(2)22(31)17(3)30-10-8-29(9-11-30)14-23(24,25)26;1-4(2)5-3/h4-7,12-13H,3,8-11,14,27-28H2,1-2H3;4H,1-3H3/b15-4-,20-5-;. The van der Waals surface area contributed by atoms with Crippen molar-refractivity contribution in [2.45, 2.75) is 40.0 Å². The predicted molar refractivity (Wildman–Crippen MR) is 143 cm³/mol. The first-order valence-corrected chi connectivity index (χ1v) is 12.0. The summed E-state index contributed by atoms with van der Waals surface area (Å²) in [6.07, 6.45) is 2.22. The van der Waals surface area contributed by atoms with E-state index < -0.39 is 12.7 Å². The molecule has 0 spiro atoms. The highest BCUT2D eigenvalue weighted by Crippen LogP contribution is 2.30. The number of hydrogen-bond donors (Lipinski definition) is 2. The molecule has 1 aliphatic rings. The Morgan fingerprint density at radius 3 is 2.27 bits per heavy atom. The molecular weight excluding hydrogens is 483 g/mol. The van der Waals surface area contributed by atoms with Crippen molar-refractivity contribution in [3.8, 4) is 0 Å². The van der Waals surface area contributed by atoms with Crippen LogP contribution in [0.4, 0.5) is 13.2 Å². The van der Waals surface area contributed by atoms with E-state index in [0.29, 0.717) is 41.8 Å². The van der Waals surface area contributed by atoms with Gasteiger partial charge in [0, 0.05) is 62.0 Å². The third-order valence-electron chi connectivity index (χ3n) is 6.11. The molecule has 37 heavy (non-hydrogen) atoms. The Balaban J connectivity index is 0.000000877. The summed E-state index contributed by atoms with van der Waals surface area (Å²) in [4.78, 5) is 15.1. The van der Waals surface area contributed by atoms with E-state index in [4.69, 9.17) is 16.2 Å². The maximum atomic E-state index is 12.7. The van der Waals surface area contributed by atoms with Crippen LogP contribution in [0.25, 0.3) is 16.9 Å². The van der Waals surface area contributed by atoms with Gasteiger partial charge in [0.05, 0.1) is 29.6 Å². The van der Waals surface area contributed by atoms with Gasteiger partial charge in [-0.1, -0.05) is 6.58 Å². The number of halogens is 3. The van der Waals surface area contributed by atoms with Crippen molar-refractivity contribution in [2.75, 3.05) is 39.8 Å². The van der Waals surface area contributed by atoms with Gasteiger partial charge in [-0.3, -0.25) is 9.69 Å². The molecule has 3 heterocycles. The van der Waals surface area contributed by atoms with Gasteiger partial charge in [-0.05, 0) is 57.5 Å². The summed E-state index contributed by atoms with van der Waals surface area (Å²) in [5, 5.41) is 0. The number of nitrogens with two attached hydrogens (primary N) is 2. The average molecular weight is 522 g/mol. The highest BCUT2D eigenvalue weighted by atomic mass is 19.4. The highest BCUT2D eigenvalue weighted by Gasteiger charge is 2.32. The van der Waals surface area contributed by atoms with Gasteiger partial charge in [0.2, 0.25) is 0 Å². The molecule has 1 aliphatic heterocycles. The van der Waals surface area contributed by atoms with Crippen LogP contribution in [0, 0.1) is 6.92 Å². The number of carbonyl (C=O) groups is 1. The monoisotopic (exact) mass is 521 g/mol. The number of pyridine rings is 1. The number of alkyl halides is 3. The molecule has 10 heteroatoms. The molecule has 0 radical (unpaired) electrons. The third kappa shape index (κ3) is 8.13. The molecule has 0 bridgehead atoms. The summed E-state index contributed by atoms with van der Waals surface area (Å²) >= 11 is 0. The number of allylic oxidation sites excluding steroid dienone is 3. The topological polar surface area (TPSA) is 89.2 Å². The molecule has 1 saturated heterocycles. The molecule has 0 aliphatic carbocycles. The number of carbonyl (C=O) groups excluding carboxylic acids is 1. The number of aldehydes is 1. The van der Waals surface area contributed by atoms with Crippen LogP contribution in [0.1, 0.15) is 48.0 Å². The highest BCUT2D eigenvalue weighted by molar-refractivity contribution is 5.88. The Kier molecular flexibility index (Phi) is 10.4. The van der Waals surface area contributed by atoms with Crippen LogP contribution in [0.5, 0.6) is 0 Å². The molecule has 0 unspecified atom stereocenters. The zero-order valence-electron chi connectivity index (χ0n) is 22.2. The second-order valence-corrected chi connectivity index (χ2v) is 9.32. The van der Waals surface area contributed by atoms with Gasteiger partial charge < -0.3 is 25.5 Å². The molecule has 0 amide bonds. The SMILES string of the molecule is C=C(c1c(C)c(C=O)cc2c(/C(N)=C/C=C(/C)N)ccn12)N1CCN(CC(F)(F)F)CC1.COC(C)C. The number of fused-ring (bicyclic) bond motifs is 1. The lowest BCUT2D eigenvalue weighted by Gasteiger charge is -2.37. The van der Waals surface area contributed by atoms with Gasteiger partial charge in [-0.2, -0.15) is 13.2 Å². The van der Waals surface area contributed by atoms with Crippen molar-refractivity contribution in [3.05, 3.63) is 65.1 Å².